The minimum atomic E-state index is -3.55. The molecular formula is C22H26N2O3S. The van der Waals surface area contributed by atoms with Gasteiger partial charge in [0, 0.05) is 31.7 Å². The van der Waals surface area contributed by atoms with Crippen LogP contribution in [0.4, 0.5) is 0 Å². The largest absolute Gasteiger partial charge is 0.334 e. The van der Waals surface area contributed by atoms with Crippen LogP contribution in [0.3, 0.4) is 0 Å². The first kappa shape index (κ1) is 19.2. The lowest BCUT2D eigenvalue weighted by Crippen LogP contribution is -2.37. The Morgan fingerprint density at radius 1 is 0.929 bits per heavy atom. The van der Waals surface area contributed by atoms with Crippen LogP contribution in [0.5, 0.6) is 0 Å². The Balaban J connectivity index is 1.61. The number of hydrogen-bond acceptors (Lipinski definition) is 3. The molecule has 2 aromatic rings. The van der Waals surface area contributed by atoms with E-state index in [0.717, 1.165) is 36.8 Å². The Kier molecular flexibility index (Phi) is 5.25. The molecule has 28 heavy (non-hydrogen) atoms. The molecule has 0 aliphatic carbocycles. The molecule has 2 aromatic carbocycles. The maximum atomic E-state index is 13.2. The number of fused-ring (bicyclic) bond motifs is 1. The van der Waals surface area contributed by atoms with Crippen LogP contribution in [-0.2, 0) is 23.0 Å². The van der Waals surface area contributed by atoms with Gasteiger partial charge in [-0.3, -0.25) is 4.79 Å². The molecule has 0 atom stereocenters. The van der Waals surface area contributed by atoms with Gasteiger partial charge in [0.05, 0.1) is 4.90 Å². The molecule has 0 N–H and O–H groups in total. The molecule has 2 aliphatic heterocycles. The lowest BCUT2D eigenvalue weighted by Gasteiger charge is -2.30. The van der Waals surface area contributed by atoms with Crippen molar-refractivity contribution in [1.82, 2.24) is 9.21 Å². The van der Waals surface area contributed by atoms with Gasteiger partial charge in [0.25, 0.3) is 5.91 Å². The van der Waals surface area contributed by atoms with Crippen molar-refractivity contribution in [2.75, 3.05) is 19.6 Å². The molecule has 0 radical (unpaired) electrons. The molecular weight excluding hydrogens is 372 g/mol. The van der Waals surface area contributed by atoms with Crippen LogP contribution in [0.15, 0.2) is 47.4 Å². The summed E-state index contributed by atoms with van der Waals surface area (Å²) < 4.78 is 27.6. The van der Waals surface area contributed by atoms with Gasteiger partial charge in [0.15, 0.2) is 0 Å². The average Bonchev–Trinajstić information content (AvgIpc) is 2.73. The van der Waals surface area contributed by atoms with E-state index in [1.165, 1.54) is 5.56 Å². The highest BCUT2D eigenvalue weighted by Crippen LogP contribution is 2.25. The second-order valence-corrected chi connectivity index (χ2v) is 9.62. The monoisotopic (exact) mass is 398 g/mol. The van der Waals surface area contributed by atoms with Crippen LogP contribution in [0.1, 0.15) is 46.3 Å². The average molecular weight is 399 g/mol. The number of carbonyl (C=O) groups excluding carboxylic acids is 1. The van der Waals surface area contributed by atoms with Crippen molar-refractivity contribution in [3.8, 4) is 0 Å². The van der Waals surface area contributed by atoms with Crippen molar-refractivity contribution >= 4 is 15.9 Å². The molecule has 5 nitrogen and oxygen atoms in total. The molecule has 0 unspecified atom stereocenters. The van der Waals surface area contributed by atoms with Crippen LogP contribution >= 0.6 is 0 Å². The van der Waals surface area contributed by atoms with Gasteiger partial charge in [-0.2, -0.15) is 4.31 Å². The van der Waals surface area contributed by atoms with Gasteiger partial charge in [-0.1, -0.05) is 36.8 Å². The summed E-state index contributed by atoms with van der Waals surface area (Å²) in [7, 11) is -3.55. The van der Waals surface area contributed by atoms with Crippen molar-refractivity contribution in [1.29, 1.82) is 0 Å². The standard InChI is InChI=1S/C22H26N2O3S/c1-17-9-10-20(28(26,27)24-12-5-2-6-13-24)15-21(17)22(25)23-14-11-18-7-3-4-8-19(18)16-23/h3-4,7-10,15H,2,5-6,11-14,16H2,1H3. The third kappa shape index (κ3) is 3.59. The fourth-order valence-corrected chi connectivity index (χ4v) is 5.63. The van der Waals surface area contributed by atoms with Gasteiger partial charge >= 0.3 is 0 Å². The van der Waals surface area contributed by atoms with Gasteiger partial charge in [-0.15, -0.1) is 0 Å². The van der Waals surface area contributed by atoms with Gasteiger partial charge in [-0.05, 0) is 55.0 Å². The number of hydrogen-bond donors (Lipinski definition) is 0. The van der Waals surface area contributed by atoms with Crippen LogP contribution in [-0.4, -0.2) is 43.2 Å². The molecule has 0 saturated carbocycles. The first-order valence-electron chi connectivity index (χ1n) is 9.94. The first-order chi connectivity index (χ1) is 13.5. The zero-order chi connectivity index (χ0) is 19.7. The maximum absolute atomic E-state index is 13.2. The lowest BCUT2D eigenvalue weighted by molar-refractivity contribution is 0.0733. The Morgan fingerprint density at radius 2 is 1.64 bits per heavy atom. The zero-order valence-corrected chi connectivity index (χ0v) is 17.0. The minimum Gasteiger partial charge on any atom is -0.334 e. The molecule has 6 heteroatoms. The SMILES string of the molecule is Cc1ccc(S(=O)(=O)N2CCCCC2)cc1C(=O)N1CCc2ccccc2C1. The Bertz CT molecular complexity index is 995. The molecule has 148 valence electrons. The van der Waals surface area contributed by atoms with E-state index in [1.807, 2.05) is 24.0 Å². The number of piperidine rings is 1. The number of benzene rings is 2. The number of nitrogens with zero attached hydrogens (tertiary/aromatic N) is 2. The topological polar surface area (TPSA) is 57.7 Å². The van der Waals surface area contributed by atoms with Crippen LogP contribution in [0, 0.1) is 6.92 Å². The van der Waals surface area contributed by atoms with Crippen LogP contribution in [0.25, 0.3) is 0 Å². The Hall–Kier alpha value is -2.18. The summed E-state index contributed by atoms with van der Waals surface area (Å²) in [5.74, 6) is -0.0947. The normalized spacial score (nSPS) is 18.0. The van der Waals surface area contributed by atoms with Crippen molar-refractivity contribution in [2.45, 2.75) is 44.0 Å². The van der Waals surface area contributed by atoms with Crippen molar-refractivity contribution in [2.24, 2.45) is 0 Å². The summed E-state index contributed by atoms with van der Waals surface area (Å²) in [6, 6.07) is 13.1. The van der Waals surface area contributed by atoms with Crippen molar-refractivity contribution < 1.29 is 13.2 Å². The maximum Gasteiger partial charge on any atom is 0.254 e. The Morgan fingerprint density at radius 3 is 2.39 bits per heavy atom. The third-order valence-electron chi connectivity index (χ3n) is 5.81. The minimum absolute atomic E-state index is 0.0947. The van der Waals surface area contributed by atoms with E-state index >= 15 is 0 Å². The predicted molar refractivity (Wildman–Crippen MR) is 109 cm³/mol. The summed E-state index contributed by atoms with van der Waals surface area (Å²) in [4.78, 5) is 15.2. The van der Waals surface area contributed by atoms with Crippen molar-refractivity contribution in [3.05, 3.63) is 64.7 Å². The molecule has 4 rings (SSSR count). The van der Waals surface area contributed by atoms with E-state index < -0.39 is 10.0 Å². The lowest BCUT2D eigenvalue weighted by atomic mass is 9.98. The molecule has 1 fully saturated rings. The molecule has 0 bridgehead atoms. The predicted octanol–water partition coefficient (Wildman–Crippen LogP) is 3.37. The molecule has 1 saturated heterocycles. The molecule has 0 aromatic heterocycles. The van der Waals surface area contributed by atoms with Gasteiger partial charge < -0.3 is 4.90 Å². The fraction of sp³-hybridized carbons (Fsp3) is 0.409. The summed E-state index contributed by atoms with van der Waals surface area (Å²) in [5, 5.41) is 0. The van der Waals surface area contributed by atoms with Crippen LogP contribution in [0.2, 0.25) is 0 Å². The van der Waals surface area contributed by atoms with Gasteiger partial charge in [0.2, 0.25) is 10.0 Å². The van der Waals surface area contributed by atoms with E-state index in [4.69, 9.17) is 0 Å². The zero-order valence-electron chi connectivity index (χ0n) is 16.2. The quantitative estimate of drug-likeness (QED) is 0.797. The second-order valence-electron chi connectivity index (χ2n) is 7.69. The van der Waals surface area contributed by atoms with Crippen molar-refractivity contribution in [3.63, 3.8) is 0 Å². The molecule has 2 aliphatic rings. The smallest absolute Gasteiger partial charge is 0.254 e. The Labute approximate surface area is 167 Å². The van der Waals surface area contributed by atoms with E-state index in [9.17, 15) is 13.2 Å². The number of carbonyl (C=O) groups is 1. The molecule has 0 spiro atoms. The van der Waals surface area contributed by atoms with E-state index in [1.54, 1.807) is 22.5 Å². The highest BCUT2D eigenvalue weighted by atomic mass is 32.2. The van der Waals surface area contributed by atoms with E-state index in [2.05, 4.69) is 12.1 Å². The highest BCUT2D eigenvalue weighted by molar-refractivity contribution is 7.89. The van der Waals surface area contributed by atoms with Gasteiger partial charge in [0.1, 0.15) is 0 Å². The van der Waals surface area contributed by atoms with E-state index in [-0.39, 0.29) is 10.8 Å². The molecule has 1 amide bonds. The summed E-state index contributed by atoms with van der Waals surface area (Å²) >= 11 is 0. The molecule has 2 heterocycles. The number of aryl methyl sites for hydroxylation is 1. The first-order valence-corrected chi connectivity index (χ1v) is 11.4. The highest BCUT2D eigenvalue weighted by Gasteiger charge is 2.28. The number of amides is 1. The van der Waals surface area contributed by atoms with Crippen LogP contribution < -0.4 is 0 Å². The summed E-state index contributed by atoms with van der Waals surface area (Å²) in [5.41, 5.74) is 3.74. The number of sulfonamides is 1. The fourth-order valence-electron chi connectivity index (χ4n) is 4.09. The second kappa shape index (κ2) is 7.68. The number of rotatable bonds is 3. The van der Waals surface area contributed by atoms with E-state index in [0.29, 0.717) is 31.7 Å². The summed E-state index contributed by atoms with van der Waals surface area (Å²) in [6.07, 6.45) is 3.68. The summed E-state index contributed by atoms with van der Waals surface area (Å²) in [6.45, 7) is 4.20. The van der Waals surface area contributed by atoms with Gasteiger partial charge in [-0.25, -0.2) is 8.42 Å². The third-order valence-corrected chi connectivity index (χ3v) is 7.70.